The van der Waals surface area contributed by atoms with Gasteiger partial charge in [-0.25, -0.2) is 0 Å². The maximum absolute atomic E-state index is 9.79. The Morgan fingerprint density at radius 2 is 2.05 bits per heavy atom. The molecular formula is C14H21Cl2NO2. The van der Waals surface area contributed by atoms with Gasteiger partial charge in [-0.15, -0.1) is 0 Å². The lowest BCUT2D eigenvalue weighted by Gasteiger charge is -2.15. The fourth-order valence-corrected chi connectivity index (χ4v) is 1.81. The van der Waals surface area contributed by atoms with Gasteiger partial charge >= 0.3 is 0 Å². The van der Waals surface area contributed by atoms with Crippen molar-refractivity contribution < 1.29 is 9.84 Å². The maximum Gasteiger partial charge on any atom is 0.139 e. The summed E-state index contributed by atoms with van der Waals surface area (Å²) in [5.74, 6) is 1.10. The van der Waals surface area contributed by atoms with Crippen molar-refractivity contribution in [3.05, 3.63) is 28.2 Å². The molecule has 0 spiro atoms. The SMILES string of the molecule is CCC(C)CNCC(O)COc1cc(Cl)ccc1Cl. The number of ether oxygens (including phenoxy) is 1. The Kier molecular flexibility index (Phi) is 7.54. The molecule has 1 aromatic carbocycles. The molecule has 0 aliphatic carbocycles. The smallest absolute Gasteiger partial charge is 0.139 e. The van der Waals surface area contributed by atoms with Gasteiger partial charge in [0.1, 0.15) is 18.5 Å². The van der Waals surface area contributed by atoms with Gasteiger partial charge in [0, 0.05) is 17.6 Å². The fraction of sp³-hybridized carbons (Fsp3) is 0.571. The predicted octanol–water partition coefficient (Wildman–Crippen LogP) is 3.37. The summed E-state index contributed by atoms with van der Waals surface area (Å²) in [5, 5.41) is 14.1. The molecule has 2 N–H and O–H groups in total. The van der Waals surface area contributed by atoms with E-state index in [0.29, 0.717) is 28.3 Å². The molecule has 0 heterocycles. The molecular weight excluding hydrogens is 285 g/mol. The molecule has 19 heavy (non-hydrogen) atoms. The summed E-state index contributed by atoms with van der Waals surface area (Å²) < 4.78 is 5.46. The highest BCUT2D eigenvalue weighted by Crippen LogP contribution is 2.27. The molecule has 0 aromatic heterocycles. The summed E-state index contributed by atoms with van der Waals surface area (Å²) >= 11 is 11.8. The van der Waals surface area contributed by atoms with Crippen LogP contribution in [0.4, 0.5) is 0 Å². The van der Waals surface area contributed by atoms with Crippen LogP contribution < -0.4 is 10.1 Å². The molecule has 0 bridgehead atoms. The van der Waals surface area contributed by atoms with Crippen LogP contribution in [0.5, 0.6) is 5.75 Å². The third-order valence-electron chi connectivity index (χ3n) is 2.89. The second-order valence-corrected chi connectivity index (χ2v) is 5.55. The van der Waals surface area contributed by atoms with Crippen LogP contribution in [-0.2, 0) is 0 Å². The van der Waals surface area contributed by atoms with Crippen molar-refractivity contribution in [2.24, 2.45) is 5.92 Å². The Hall–Kier alpha value is -0.480. The Morgan fingerprint density at radius 1 is 1.32 bits per heavy atom. The van der Waals surface area contributed by atoms with E-state index in [1.165, 1.54) is 0 Å². The van der Waals surface area contributed by atoms with E-state index in [9.17, 15) is 5.11 Å². The molecule has 0 amide bonds. The number of aliphatic hydroxyl groups excluding tert-OH is 1. The third-order valence-corrected chi connectivity index (χ3v) is 3.44. The highest BCUT2D eigenvalue weighted by atomic mass is 35.5. The van der Waals surface area contributed by atoms with Gasteiger partial charge in [0.15, 0.2) is 0 Å². The number of benzene rings is 1. The molecule has 0 aliphatic rings. The highest BCUT2D eigenvalue weighted by Gasteiger charge is 2.08. The zero-order valence-electron chi connectivity index (χ0n) is 11.3. The lowest BCUT2D eigenvalue weighted by Crippen LogP contribution is -2.33. The van der Waals surface area contributed by atoms with Gasteiger partial charge in [-0.05, 0) is 24.6 Å². The minimum atomic E-state index is -0.570. The second-order valence-electron chi connectivity index (χ2n) is 4.71. The quantitative estimate of drug-likeness (QED) is 0.774. The van der Waals surface area contributed by atoms with Crippen molar-refractivity contribution in [2.75, 3.05) is 19.7 Å². The zero-order chi connectivity index (χ0) is 14.3. The lowest BCUT2D eigenvalue weighted by atomic mass is 10.1. The first-order valence-corrected chi connectivity index (χ1v) is 7.25. The average molecular weight is 306 g/mol. The molecule has 2 atom stereocenters. The summed E-state index contributed by atoms with van der Waals surface area (Å²) in [4.78, 5) is 0. The monoisotopic (exact) mass is 305 g/mol. The molecule has 2 unspecified atom stereocenters. The van der Waals surface area contributed by atoms with Gasteiger partial charge in [0.05, 0.1) is 5.02 Å². The maximum atomic E-state index is 9.79. The van der Waals surface area contributed by atoms with Crippen molar-refractivity contribution in [1.82, 2.24) is 5.32 Å². The van der Waals surface area contributed by atoms with Crippen LogP contribution >= 0.6 is 23.2 Å². The van der Waals surface area contributed by atoms with E-state index < -0.39 is 6.10 Å². The Bertz CT molecular complexity index is 388. The summed E-state index contributed by atoms with van der Waals surface area (Å²) in [6, 6.07) is 5.01. The fourth-order valence-electron chi connectivity index (χ4n) is 1.47. The van der Waals surface area contributed by atoms with Crippen LogP contribution in [0.3, 0.4) is 0 Å². The average Bonchev–Trinajstić information content (AvgIpc) is 2.39. The third kappa shape index (κ3) is 6.48. The Labute approximate surface area is 124 Å². The molecule has 0 radical (unpaired) electrons. The molecule has 0 saturated carbocycles. The van der Waals surface area contributed by atoms with Crippen molar-refractivity contribution in [3.63, 3.8) is 0 Å². The molecule has 1 rings (SSSR count). The molecule has 3 nitrogen and oxygen atoms in total. The molecule has 108 valence electrons. The number of halogens is 2. The van der Waals surface area contributed by atoms with Crippen molar-refractivity contribution >= 4 is 23.2 Å². The predicted molar refractivity (Wildman–Crippen MR) is 80.3 cm³/mol. The highest BCUT2D eigenvalue weighted by molar-refractivity contribution is 6.34. The summed E-state index contributed by atoms with van der Waals surface area (Å²) in [7, 11) is 0. The van der Waals surface area contributed by atoms with E-state index in [-0.39, 0.29) is 6.61 Å². The van der Waals surface area contributed by atoms with E-state index >= 15 is 0 Å². The van der Waals surface area contributed by atoms with Crippen LogP contribution in [0.15, 0.2) is 18.2 Å². The topological polar surface area (TPSA) is 41.5 Å². The first kappa shape index (κ1) is 16.6. The molecule has 0 saturated heterocycles. The van der Waals surface area contributed by atoms with Crippen LogP contribution in [0, 0.1) is 5.92 Å². The van der Waals surface area contributed by atoms with Gasteiger partial charge in [0.2, 0.25) is 0 Å². The van der Waals surface area contributed by atoms with Gasteiger partial charge in [-0.1, -0.05) is 43.5 Å². The van der Waals surface area contributed by atoms with E-state index in [1.807, 2.05) is 0 Å². The molecule has 1 aromatic rings. The van der Waals surface area contributed by atoms with E-state index in [0.717, 1.165) is 13.0 Å². The van der Waals surface area contributed by atoms with Gasteiger partial charge in [0.25, 0.3) is 0 Å². The van der Waals surface area contributed by atoms with Gasteiger partial charge in [-0.2, -0.15) is 0 Å². The zero-order valence-corrected chi connectivity index (χ0v) is 12.8. The largest absolute Gasteiger partial charge is 0.489 e. The van der Waals surface area contributed by atoms with Crippen LogP contribution in [0.2, 0.25) is 10.0 Å². The number of aliphatic hydroxyl groups is 1. The van der Waals surface area contributed by atoms with Gasteiger partial charge < -0.3 is 15.2 Å². The molecule has 0 aliphatic heterocycles. The number of nitrogens with one attached hydrogen (secondary N) is 1. The standard InChI is InChI=1S/C14H21Cl2NO2/c1-3-10(2)7-17-8-12(18)9-19-14-6-11(15)4-5-13(14)16/h4-6,10,12,17-18H,3,7-9H2,1-2H3. The normalized spacial score (nSPS) is 14.2. The summed E-state index contributed by atoms with van der Waals surface area (Å²) in [5.41, 5.74) is 0. The van der Waals surface area contributed by atoms with Crippen molar-refractivity contribution in [3.8, 4) is 5.75 Å². The molecule has 0 fully saturated rings. The van der Waals surface area contributed by atoms with Crippen LogP contribution in [-0.4, -0.2) is 30.9 Å². The minimum Gasteiger partial charge on any atom is -0.489 e. The second kappa shape index (κ2) is 8.64. The summed E-state index contributed by atoms with van der Waals surface area (Å²) in [6.45, 7) is 5.90. The number of hydrogen-bond acceptors (Lipinski definition) is 3. The van der Waals surface area contributed by atoms with Crippen molar-refractivity contribution in [2.45, 2.75) is 26.4 Å². The minimum absolute atomic E-state index is 0.188. The Morgan fingerprint density at radius 3 is 2.74 bits per heavy atom. The van der Waals surface area contributed by atoms with E-state index in [2.05, 4.69) is 19.2 Å². The van der Waals surface area contributed by atoms with Crippen LogP contribution in [0.25, 0.3) is 0 Å². The van der Waals surface area contributed by atoms with Crippen LogP contribution in [0.1, 0.15) is 20.3 Å². The molecule has 5 heteroatoms. The lowest BCUT2D eigenvalue weighted by molar-refractivity contribution is 0.105. The number of rotatable bonds is 8. The number of hydrogen-bond donors (Lipinski definition) is 2. The van der Waals surface area contributed by atoms with E-state index in [4.69, 9.17) is 27.9 Å². The van der Waals surface area contributed by atoms with Crippen molar-refractivity contribution in [1.29, 1.82) is 0 Å². The van der Waals surface area contributed by atoms with Gasteiger partial charge in [-0.3, -0.25) is 0 Å². The van der Waals surface area contributed by atoms with E-state index in [1.54, 1.807) is 18.2 Å². The first-order chi connectivity index (χ1) is 9.02. The first-order valence-electron chi connectivity index (χ1n) is 6.49. The Balaban J connectivity index is 2.29. The summed E-state index contributed by atoms with van der Waals surface area (Å²) in [6.07, 6.45) is 0.552.